The van der Waals surface area contributed by atoms with Crippen LogP contribution in [0.2, 0.25) is 0 Å². The number of carboxylic acids is 1. The van der Waals surface area contributed by atoms with Crippen LogP contribution in [0.5, 0.6) is 17.2 Å². The van der Waals surface area contributed by atoms with Crippen LogP contribution in [-0.2, 0) is 30.3 Å². The van der Waals surface area contributed by atoms with Crippen molar-refractivity contribution in [2.24, 2.45) is 11.7 Å². The lowest BCUT2D eigenvalue weighted by Crippen LogP contribution is -2.60. The number of ether oxygens (including phenoxy) is 4. The summed E-state index contributed by atoms with van der Waals surface area (Å²) in [7, 11) is 1.16. The van der Waals surface area contributed by atoms with Crippen molar-refractivity contribution in [3.05, 3.63) is 58.1 Å². The lowest BCUT2D eigenvalue weighted by molar-refractivity contribution is -0.384. The molecule has 0 radical (unpaired) electrons. The fourth-order valence-corrected chi connectivity index (χ4v) is 3.86. The van der Waals surface area contributed by atoms with Crippen LogP contribution in [0.1, 0.15) is 12.5 Å². The maximum atomic E-state index is 12.9. The smallest absolute Gasteiger partial charge is 0.323 e. The number of nitro benzene ring substituents is 1. The van der Waals surface area contributed by atoms with Crippen molar-refractivity contribution in [2.45, 2.75) is 31.5 Å². The van der Waals surface area contributed by atoms with Crippen molar-refractivity contribution < 1.29 is 48.2 Å². The predicted octanol–water partition coefficient (Wildman–Crippen LogP) is 0.136. The van der Waals surface area contributed by atoms with E-state index in [4.69, 9.17) is 24.7 Å². The highest BCUT2D eigenvalue weighted by atomic mass is 16.7. The largest absolute Gasteiger partial charge is 0.484 e. The number of hydrogen-bond acceptors (Lipinski definition) is 12. The van der Waals surface area contributed by atoms with Crippen molar-refractivity contribution in [1.82, 2.24) is 10.6 Å². The van der Waals surface area contributed by atoms with Gasteiger partial charge in [-0.2, -0.15) is 0 Å². The molecule has 4 atom stereocenters. The van der Waals surface area contributed by atoms with Crippen LogP contribution >= 0.6 is 0 Å². The van der Waals surface area contributed by atoms with Gasteiger partial charge in [0.2, 0.25) is 12.7 Å². The van der Waals surface area contributed by atoms with E-state index < -0.39 is 59.3 Å². The van der Waals surface area contributed by atoms with Crippen LogP contribution in [-0.4, -0.2) is 72.4 Å². The molecule has 1 aliphatic heterocycles. The number of imide groups is 1. The van der Waals surface area contributed by atoms with E-state index in [2.05, 4.69) is 10.6 Å². The zero-order valence-electron chi connectivity index (χ0n) is 21.5. The van der Waals surface area contributed by atoms with Crippen molar-refractivity contribution in [2.75, 3.05) is 20.5 Å². The van der Waals surface area contributed by atoms with Gasteiger partial charge >= 0.3 is 11.9 Å². The van der Waals surface area contributed by atoms with E-state index in [1.165, 1.54) is 31.2 Å². The highest BCUT2D eigenvalue weighted by Gasteiger charge is 2.37. The molecule has 0 spiro atoms. The number of carbonyl (C=O) groups is 4. The predicted molar refractivity (Wildman–Crippen MR) is 136 cm³/mol. The van der Waals surface area contributed by atoms with E-state index in [0.29, 0.717) is 17.1 Å². The Hall–Kier alpha value is -4.76. The summed E-state index contributed by atoms with van der Waals surface area (Å²) >= 11 is 0. The first-order valence-electron chi connectivity index (χ1n) is 11.9. The van der Waals surface area contributed by atoms with Crippen LogP contribution in [0.3, 0.4) is 0 Å². The molecule has 2 amide bonds. The van der Waals surface area contributed by atoms with Crippen LogP contribution in [0.4, 0.5) is 5.69 Å². The number of non-ortho nitro benzene ring substituents is 1. The quantitative estimate of drug-likeness (QED) is 0.146. The van der Waals surface area contributed by atoms with Gasteiger partial charge in [-0.3, -0.25) is 39.9 Å². The molecule has 1 heterocycles. The number of nitrogens with zero attached hydrogens (tertiary/aromatic N) is 1. The number of carboxylic acid groups (broad SMARTS) is 1. The summed E-state index contributed by atoms with van der Waals surface area (Å²) in [6, 6.07) is 5.89. The van der Waals surface area contributed by atoms with Gasteiger partial charge in [-0.15, -0.1) is 0 Å². The van der Waals surface area contributed by atoms with Gasteiger partial charge < -0.3 is 29.8 Å². The average molecular weight is 561 g/mol. The van der Waals surface area contributed by atoms with E-state index in [9.17, 15) is 34.4 Å². The van der Waals surface area contributed by atoms with Gasteiger partial charge in [0.25, 0.3) is 11.6 Å². The van der Waals surface area contributed by atoms with Gasteiger partial charge in [0, 0.05) is 18.2 Å². The maximum Gasteiger partial charge on any atom is 0.323 e. The van der Waals surface area contributed by atoms with Crippen molar-refractivity contribution in [3.8, 4) is 17.2 Å². The monoisotopic (exact) mass is 560 g/mol. The summed E-state index contributed by atoms with van der Waals surface area (Å²) in [6.07, 6.45) is 0.0303. The van der Waals surface area contributed by atoms with Crippen LogP contribution < -0.4 is 30.6 Å². The molecule has 5 N–H and O–H groups in total. The Labute approximate surface area is 227 Å². The minimum atomic E-state index is -1.64. The lowest BCUT2D eigenvalue weighted by Gasteiger charge is -2.30. The molecular weight excluding hydrogens is 532 g/mol. The van der Waals surface area contributed by atoms with Gasteiger partial charge in [0.1, 0.15) is 17.8 Å². The third kappa shape index (κ3) is 7.64. The second-order valence-corrected chi connectivity index (χ2v) is 8.76. The SMILES string of the molecule is COC(=O)C(Cc1ccc2c(c1)OCO2)NC(C(C)C(=O)NC(=O)COc1ccc([N+](=O)[O-])cc1)[C@H](N)C(=O)O. The van der Waals surface area contributed by atoms with Crippen LogP contribution in [0, 0.1) is 16.0 Å². The second-order valence-electron chi connectivity index (χ2n) is 8.76. The average Bonchev–Trinajstić information content (AvgIpc) is 3.41. The third-order valence-corrected chi connectivity index (χ3v) is 6.06. The number of nitro groups is 1. The molecule has 1 aliphatic rings. The Morgan fingerprint density at radius 1 is 1.12 bits per heavy atom. The summed E-state index contributed by atoms with van der Waals surface area (Å²) in [6.45, 7) is 0.792. The van der Waals surface area contributed by atoms with E-state index in [0.717, 1.165) is 7.11 Å². The van der Waals surface area contributed by atoms with E-state index in [1.807, 2.05) is 0 Å². The number of methoxy groups -OCH3 is 1. The normalized spacial score (nSPS) is 14.8. The van der Waals surface area contributed by atoms with Crippen molar-refractivity contribution >= 4 is 29.4 Å². The molecular formula is C25H28N4O11. The fraction of sp³-hybridized carbons (Fsp3) is 0.360. The van der Waals surface area contributed by atoms with Gasteiger partial charge in [-0.05, 0) is 36.2 Å². The van der Waals surface area contributed by atoms with E-state index in [1.54, 1.807) is 18.2 Å². The van der Waals surface area contributed by atoms with E-state index in [-0.39, 0.29) is 24.7 Å². The molecule has 15 nitrogen and oxygen atoms in total. The molecule has 2 aromatic carbocycles. The summed E-state index contributed by atoms with van der Waals surface area (Å²) in [4.78, 5) is 59.7. The number of nitrogens with one attached hydrogen (secondary N) is 2. The molecule has 3 unspecified atom stereocenters. The van der Waals surface area contributed by atoms with Gasteiger partial charge in [0.05, 0.1) is 18.0 Å². The first kappa shape index (κ1) is 29.8. The number of nitrogens with two attached hydrogens (primary N) is 1. The highest BCUT2D eigenvalue weighted by Crippen LogP contribution is 2.33. The number of amides is 2. The number of aliphatic carboxylic acids is 1. The molecule has 3 rings (SSSR count). The Balaban J connectivity index is 1.68. The second kappa shape index (κ2) is 13.3. The number of hydrogen-bond donors (Lipinski definition) is 4. The summed E-state index contributed by atoms with van der Waals surface area (Å²) in [5.41, 5.74) is 6.33. The van der Waals surface area contributed by atoms with Crippen LogP contribution in [0.25, 0.3) is 0 Å². The number of benzene rings is 2. The number of carbonyl (C=O) groups excluding carboxylic acids is 3. The minimum Gasteiger partial charge on any atom is -0.484 e. The lowest BCUT2D eigenvalue weighted by atomic mass is 9.92. The molecule has 15 heteroatoms. The molecule has 214 valence electrons. The first-order valence-corrected chi connectivity index (χ1v) is 11.9. The topological polar surface area (TPSA) is 219 Å². The minimum absolute atomic E-state index is 0.0303. The van der Waals surface area contributed by atoms with Gasteiger partial charge in [-0.25, -0.2) is 0 Å². The number of fused-ring (bicyclic) bond motifs is 1. The number of rotatable bonds is 13. The highest BCUT2D eigenvalue weighted by molar-refractivity contribution is 5.97. The van der Waals surface area contributed by atoms with Crippen LogP contribution in [0.15, 0.2) is 42.5 Å². The molecule has 0 fully saturated rings. The first-order chi connectivity index (χ1) is 19.0. The van der Waals surface area contributed by atoms with E-state index >= 15 is 0 Å². The molecule has 0 aliphatic carbocycles. The fourth-order valence-electron chi connectivity index (χ4n) is 3.86. The zero-order chi connectivity index (χ0) is 29.4. The van der Waals surface area contributed by atoms with Gasteiger partial charge in [-0.1, -0.05) is 13.0 Å². The Bertz CT molecular complexity index is 1270. The van der Waals surface area contributed by atoms with Gasteiger partial charge in [0.15, 0.2) is 18.1 Å². The maximum absolute atomic E-state index is 12.9. The zero-order valence-corrected chi connectivity index (χ0v) is 21.5. The Kier molecular flexibility index (Phi) is 9.94. The summed E-state index contributed by atoms with van der Waals surface area (Å²) < 4.78 is 20.7. The summed E-state index contributed by atoms with van der Waals surface area (Å²) in [5.74, 6) is -3.97. The van der Waals surface area contributed by atoms with Crippen molar-refractivity contribution in [1.29, 1.82) is 0 Å². The molecule has 0 aromatic heterocycles. The Morgan fingerprint density at radius 3 is 2.42 bits per heavy atom. The Morgan fingerprint density at radius 2 is 1.80 bits per heavy atom. The molecule has 0 bridgehead atoms. The standard InChI is InChI=1S/C25H28N4O11/c1-13(23(31)28-20(30)11-38-16-6-4-15(5-7-16)29(35)36)22(21(26)24(32)33)27-17(25(34)37-2)9-14-3-8-18-19(10-14)40-12-39-18/h3-8,10,13,17,21-22,27H,9,11-12,26H2,1-2H3,(H,32,33)(H,28,30,31)/t13?,17?,21-,22?/m0/s1. The molecule has 2 aromatic rings. The number of esters is 1. The summed E-state index contributed by atoms with van der Waals surface area (Å²) in [5, 5.41) is 25.2. The molecule has 40 heavy (non-hydrogen) atoms. The third-order valence-electron chi connectivity index (χ3n) is 6.06. The molecule has 0 saturated carbocycles. The molecule has 0 saturated heterocycles. The van der Waals surface area contributed by atoms with Crippen molar-refractivity contribution in [3.63, 3.8) is 0 Å².